The van der Waals surface area contributed by atoms with Gasteiger partial charge < -0.3 is 10.2 Å². The van der Waals surface area contributed by atoms with Crippen LogP contribution in [0.3, 0.4) is 0 Å². The summed E-state index contributed by atoms with van der Waals surface area (Å²) in [5.41, 5.74) is 0. The van der Waals surface area contributed by atoms with E-state index in [2.05, 4.69) is 5.32 Å². The minimum atomic E-state index is -0.482. The highest BCUT2D eigenvalue weighted by Crippen LogP contribution is 2.01. The first kappa shape index (κ1) is 8.04. The Labute approximate surface area is 65.6 Å². The van der Waals surface area contributed by atoms with E-state index in [1.807, 2.05) is 13.8 Å². The van der Waals surface area contributed by atoms with E-state index in [0.29, 0.717) is 13.1 Å². The summed E-state index contributed by atoms with van der Waals surface area (Å²) >= 11 is 0. The number of rotatable bonds is 1. The van der Waals surface area contributed by atoms with Crippen molar-refractivity contribution in [1.29, 1.82) is 0 Å². The molecule has 0 bridgehead atoms. The molecule has 11 heavy (non-hydrogen) atoms. The summed E-state index contributed by atoms with van der Waals surface area (Å²) in [4.78, 5) is 23.5. The third-order valence-electron chi connectivity index (χ3n) is 1.72. The van der Waals surface area contributed by atoms with Gasteiger partial charge in [0.15, 0.2) is 0 Å². The third kappa shape index (κ3) is 1.50. The van der Waals surface area contributed by atoms with Gasteiger partial charge in [0.1, 0.15) is 0 Å². The fourth-order valence-electron chi connectivity index (χ4n) is 1.09. The Morgan fingerprint density at radius 2 is 2.09 bits per heavy atom. The molecular weight excluding hydrogens is 144 g/mol. The fraction of sp³-hybridized carbons (Fsp3) is 0.714. The first-order valence-corrected chi connectivity index (χ1v) is 3.71. The van der Waals surface area contributed by atoms with Crippen molar-refractivity contribution >= 4 is 11.8 Å². The van der Waals surface area contributed by atoms with Crippen molar-refractivity contribution in [3.8, 4) is 0 Å². The van der Waals surface area contributed by atoms with Crippen LogP contribution in [0.4, 0.5) is 0 Å². The van der Waals surface area contributed by atoms with E-state index in [0.717, 1.165) is 0 Å². The van der Waals surface area contributed by atoms with Crippen LogP contribution in [-0.4, -0.2) is 35.8 Å². The van der Waals surface area contributed by atoms with Crippen LogP contribution < -0.4 is 5.32 Å². The number of hydrogen-bond donors (Lipinski definition) is 1. The lowest BCUT2D eigenvalue weighted by Crippen LogP contribution is -2.54. The summed E-state index contributed by atoms with van der Waals surface area (Å²) in [6.07, 6.45) is 0. The van der Waals surface area contributed by atoms with Gasteiger partial charge >= 0.3 is 11.8 Å². The standard InChI is InChI=1S/C7H12N2O2/c1-5(2)9-4-3-8-6(10)7(9)11/h5H,3-4H2,1-2H3,(H,8,10). The lowest BCUT2D eigenvalue weighted by Gasteiger charge is -2.29. The Bertz CT molecular complexity index is 189. The summed E-state index contributed by atoms with van der Waals surface area (Å²) in [5, 5.41) is 2.49. The van der Waals surface area contributed by atoms with Crippen LogP contribution in [0.5, 0.6) is 0 Å². The second kappa shape index (κ2) is 2.90. The van der Waals surface area contributed by atoms with Crippen LogP contribution in [0.15, 0.2) is 0 Å². The Hall–Kier alpha value is -1.06. The van der Waals surface area contributed by atoms with Gasteiger partial charge in [0, 0.05) is 19.1 Å². The van der Waals surface area contributed by atoms with E-state index >= 15 is 0 Å². The number of piperazine rings is 1. The average molecular weight is 156 g/mol. The summed E-state index contributed by atoms with van der Waals surface area (Å²) in [7, 11) is 0. The van der Waals surface area contributed by atoms with Crippen molar-refractivity contribution in [2.75, 3.05) is 13.1 Å². The van der Waals surface area contributed by atoms with E-state index in [1.54, 1.807) is 4.90 Å². The predicted octanol–water partition coefficient (Wildman–Crippen LogP) is -0.647. The maximum atomic E-state index is 11.1. The van der Waals surface area contributed by atoms with Gasteiger partial charge in [-0.15, -0.1) is 0 Å². The van der Waals surface area contributed by atoms with E-state index < -0.39 is 11.8 Å². The molecule has 0 aromatic carbocycles. The van der Waals surface area contributed by atoms with Crippen LogP contribution in [0.2, 0.25) is 0 Å². The van der Waals surface area contributed by atoms with Crippen molar-refractivity contribution in [3.63, 3.8) is 0 Å². The molecule has 0 spiro atoms. The fourth-order valence-corrected chi connectivity index (χ4v) is 1.09. The third-order valence-corrected chi connectivity index (χ3v) is 1.72. The van der Waals surface area contributed by atoms with Gasteiger partial charge in [0.25, 0.3) is 0 Å². The summed E-state index contributed by atoms with van der Waals surface area (Å²) < 4.78 is 0. The minimum Gasteiger partial charge on any atom is -0.346 e. The van der Waals surface area contributed by atoms with Crippen LogP contribution >= 0.6 is 0 Å². The molecule has 0 saturated carbocycles. The summed E-state index contributed by atoms with van der Waals surface area (Å²) in [6, 6.07) is 0.119. The molecule has 4 heteroatoms. The van der Waals surface area contributed by atoms with Crippen molar-refractivity contribution in [3.05, 3.63) is 0 Å². The monoisotopic (exact) mass is 156 g/mol. The SMILES string of the molecule is CC(C)N1CCNC(=O)C1=O. The van der Waals surface area contributed by atoms with Gasteiger partial charge in [-0.05, 0) is 13.8 Å². The maximum Gasteiger partial charge on any atom is 0.312 e. The summed E-state index contributed by atoms with van der Waals surface area (Å²) in [5.74, 6) is -0.892. The van der Waals surface area contributed by atoms with Crippen LogP contribution in [0.1, 0.15) is 13.8 Å². The molecule has 4 nitrogen and oxygen atoms in total. The molecule has 1 aliphatic heterocycles. The zero-order valence-corrected chi connectivity index (χ0v) is 6.76. The van der Waals surface area contributed by atoms with Crippen LogP contribution in [0, 0.1) is 0 Å². The molecule has 1 heterocycles. The molecule has 0 radical (unpaired) electrons. The highest BCUT2D eigenvalue weighted by molar-refractivity contribution is 6.35. The number of nitrogens with one attached hydrogen (secondary N) is 1. The molecule has 1 fully saturated rings. The lowest BCUT2D eigenvalue weighted by atomic mass is 10.2. The number of carbonyl (C=O) groups is 2. The Balaban J connectivity index is 2.66. The Kier molecular flexibility index (Phi) is 2.12. The highest BCUT2D eigenvalue weighted by atomic mass is 16.2. The number of hydrogen-bond acceptors (Lipinski definition) is 2. The molecule has 0 unspecified atom stereocenters. The second-order valence-electron chi connectivity index (χ2n) is 2.85. The zero-order valence-electron chi connectivity index (χ0n) is 6.76. The predicted molar refractivity (Wildman–Crippen MR) is 39.9 cm³/mol. The summed E-state index contributed by atoms with van der Waals surface area (Å²) in [6.45, 7) is 5.00. The molecule has 0 atom stereocenters. The number of nitrogens with zero attached hydrogens (tertiary/aromatic N) is 1. The molecule has 62 valence electrons. The van der Waals surface area contributed by atoms with Crippen molar-refractivity contribution in [1.82, 2.24) is 10.2 Å². The van der Waals surface area contributed by atoms with Crippen molar-refractivity contribution < 1.29 is 9.59 Å². The maximum absolute atomic E-state index is 11.1. The smallest absolute Gasteiger partial charge is 0.312 e. The van der Waals surface area contributed by atoms with Gasteiger partial charge in [0.2, 0.25) is 0 Å². The van der Waals surface area contributed by atoms with E-state index in [1.165, 1.54) is 0 Å². The second-order valence-corrected chi connectivity index (χ2v) is 2.85. The zero-order chi connectivity index (χ0) is 8.43. The van der Waals surface area contributed by atoms with Crippen LogP contribution in [-0.2, 0) is 9.59 Å². The molecular formula is C7H12N2O2. The molecule has 0 aliphatic carbocycles. The van der Waals surface area contributed by atoms with Gasteiger partial charge in [0.05, 0.1) is 0 Å². The first-order chi connectivity index (χ1) is 5.13. The quantitative estimate of drug-likeness (QED) is 0.513. The average Bonchev–Trinajstić information content (AvgIpc) is 1.94. The molecule has 1 saturated heterocycles. The number of amides is 2. The first-order valence-electron chi connectivity index (χ1n) is 3.71. The topological polar surface area (TPSA) is 49.4 Å². The van der Waals surface area contributed by atoms with Gasteiger partial charge in [-0.2, -0.15) is 0 Å². The normalized spacial score (nSPS) is 19.0. The van der Waals surface area contributed by atoms with Gasteiger partial charge in [-0.1, -0.05) is 0 Å². The molecule has 2 amide bonds. The Morgan fingerprint density at radius 3 is 2.55 bits per heavy atom. The van der Waals surface area contributed by atoms with Crippen molar-refractivity contribution in [2.24, 2.45) is 0 Å². The number of carbonyl (C=O) groups excluding carboxylic acids is 2. The van der Waals surface area contributed by atoms with Crippen LogP contribution in [0.25, 0.3) is 0 Å². The highest BCUT2D eigenvalue weighted by Gasteiger charge is 2.27. The van der Waals surface area contributed by atoms with E-state index in [9.17, 15) is 9.59 Å². The van der Waals surface area contributed by atoms with Gasteiger partial charge in [-0.25, -0.2) is 0 Å². The van der Waals surface area contributed by atoms with E-state index in [4.69, 9.17) is 0 Å². The molecule has 1 N–H and O–H groups in total. The van der Waals surface area contributed by atoms with E-state index in [-0.39, 0.29) is 6.04 Å². The molecule has 0 aromatic rings. The molecule has 0 aromatic heterocycles. The minimum absolute atomic E-state index is 0.119. The Morgan fingerprint density at radius 1 is 1.45 bits per heavy atom. The molecule has 1 aliphatic rings. The lowest BCUT2D eigenvalue weighted by molar-refractivity contribution is -0.149. The molecule has 1 rings (SSSR count). The van der Waals surface area contributed by atoms with Gasteiger partial charge in [-0.3, -0.25) is 9.59 Å². The largest absolute Gasteiger partial charge is 0.346 e. The van der Waals surface area contributed by atoms with Crippen molar-refractivity contribution in [2.45, 2.75) is 19.9 Å².